The van der Waals surface area contributed by atoms with Crippen molar-refractivity contribution in [1.29, 1.82) is 0 Å². The van der Waals surface area contributed by atoms with Crippen LogP contribution in [0, 0.1) is 4.77 Å². The zero-order valence-corrected chi connectivity index (χ0v) is 17.8. The quantitative estimate of drug-likeness (QED) is 0.446. The summed E-state index contributed by atoms with van der Waals surface area (Å²) in [6.45, 7) is 0.882. The number of aromatic amines is 1. The Balaban J connectivity index is 1.26. The van der Waals surface area contributed by atoms with E-state index in [1.807, 2.05) is 29.5 Å². The minimum absolute atomic E-state index is 0.0714. The van der Waals surface area contributed by atoms with Gasteiger partial charge in [0.25, 0.3) is 5.56 Å². The van der Waals surface area contributed by atoms with E-state index in [-0.39, 0.29) is 24.4 Å². The molecule has 0 saturated heterocycles. The predicted octanol–water partition coefficient (Wildman–Crippen LogP) is 3.53. The zero-order valence-electron chi connectivity index (χ0n) is 16.2. The Morgan fingerprint density at radius 2 is 2.10 bits per heavy atom. The number of hydrogen-bond acceptors (Lipinski definition) is 5. The van der Waals surface area contributed by atoms with Gasteiger partial charge in [0.1, 0.15) is 0 Å². The van der Waals surface area contributed by atoms with E-state index in [4.69, 9.17) is 17.2 Å². The average Bonchev–Trinajstić information content (AvgIpc) is 3.14. The summed E-state index contributed by atoms with van der Waals surface area (Å²) in [5.41, 5.74) is 1.84. The van der Waals surface area contributed by atoms with Crippen LogP contribution in [0.15, 0.2) is 29.1 Å². The monoisotopic (exact) mass is 428 g/mol. The molecule has 0 fully saturated rings. The lowest BCUT2D eigenvalue weighted by molar-refractivity contribution is -0.121. The molecule has 1 aliphatic carbocycles. The van der Waals surface area contributed by atoms with Crippen molar-refractivity contribution in [2.45, 2.75) is 51.5 Å². The summed E-state index contributed by atoms with van der Waals surface area (Å²) < 4.78 is 1.80. The molecule has 2 N–H and O–H groups in total. The molecular formula is C21H24N4O2S2. The number of benzene rings is 1. The molecule has 2 heterocycles. The van der Waals surface area contributed by atoms with Crippen molar-refractivity contribution in [3.63, 3.8) is 0 Å². The van der Waals surface area contributed by atoms with E-state index in [1.54, 1.807) is 6.07 Å². The van der Waals surface area contributed by atoms with Gasteiger partial charge in [-0.05, 0) is 56.5 Å². The maximum absolute atomic E-state index is 12.6. The van der Waals surface area contributed by atoms with Crippen LogP contribution >= 0.6 is 23.6 Å². The highest BCUT2D eigenvalue weighted by Gasteiger charge is 2.14. The Bertz CT molecular complexity index is 1120. The fourth-order valence-electron chi connectivity index (χ4n) is 3.68. The van der Waals surface area contributed by atoms with Gasteiger partial charge in [-0.1, -0.05) is 12.1 Å². The molecule has 2 aromatic heterocycles. The van der Waals surface area contributed by atoms with E-state index < -0.39 is 0 Å². The second-order valence-corrected chi connectivity index (χ2v) is 8.88. The molecule has 8 heteroatoms. The lowest BCUT2D eigenvalue weighted by atomic mass is 10.0. The Labute approximate surface area is 178 Å². The number of rotatable bonds is 7. The third-order valence-corrected chi connectivity index (χ3v) is 6.77. The fraction of sp³-hybridized carbons (Fsp3) is 0.429. The number of fused-ring (bicyclic) bond motifs is 2. The number of H-pyrrole nitrogens is 1. The first kappa shape index (κ1) is 20.0. The number of amides is 1. The molecule has 152 valence electrons. The molecule has 1 aliphatic rings. The van der Waals surface area contributed by atoms with Crippen molar-refractivity contribution >= 4 is 40.4 Å². The first-order valence-electron chi connectivity index (χ1n) is 10.1. The number of hydrogen-bond donors (Lipinski definition) is 2. The van der Waals surface area contributed by atoms with E-state index in [2.05, 4.69) is 10.3 Å². The van der Waals surface area contributed by atoms with Crippen LogP contribution in [0.4, 0.5) is 0 Å². The van der Waals surface area contributed by atoms with E-state index in [0.717, 1.165) is 19.3 Å². The second kappa shape index (κ2) is 9.00. The van der Waals surface area contributed by atoms with Crippen molar-refractivity contribution in [2.24, 2.45) is 0 Å². The molecule has 0 aliphatic heterocycles. The molecule has 0 radical (unpaired) electrons. The van der Waals surface area contributed by atoms with Crippen LogP contribution in [-0.2, 0) is 30.6 Å². The van der Waals surface area contributed by atoms with Crippen LogP contribution in [0.1, 0.15) is 41.3 Å². The van der Waals surface area contributed by atoms with Crippen LogP contribution < -0.4 is 10.9 Å². The minimum Gasteiger partial charge on any atom is -0.356 e. The van der Waals surface area contributed by atoms with Gasteiger partial charge in [0.2, 0.25) is 5.91 Å². The van der Waals surface area contributed by atoms with Crippen LogP contribution in [0.5, 0.6) is 0 Å². The second-order valence-electron chi connectivity index (χ2n) is 7.32. The number of aryl methyl sites for hydroxylation is 3. The molecule has 0 saturated carbocycles. The van der Waals surface area contributed by atoms with Crippen molar-refractivity contribution in [3.8, 4) is 0 Å². The maximum Gasteiger partial charge on any atom is 0.262 e. The van der Waals surface area contributed by atoms with E-state index in [0.29, 0.717) is 22.2 Å². The number of thiazole rings is 1. The minimum atomic E-state index is -0.162. The zero-order chi connectivity index (χ0) is 20.2. The summed E-state index contributed by atoms with van der Waals surface area (Å²) >= 11 is 7.11. The molecule has 0 unspecified atom stereocenters. The summed E-state index contributed by atoms with van der Waals surface area (Å²) in [6.07, 6.45) is 6.78. The average molecular weight is 429 g/mol. The van der Waals surface area contributed by atoms with Crippen LogP contribution in [0.2, 0.25) is 0 Å². The van der Waals surface area contributed by atoms with Crippen LogP contribution in [0.25, 0.3) is 10.9 Å². The summed E-state index contributed by atoms with van der Waals surface area (Å²) in [5.74, 6) is -0.0714. The van der Waals surface area contributed by atoms with E-state index in [9.17, 15) is 9.59 Å². The van der Waals surface area contributed by atoms with Gasteiger partial charge in [0, 0.05) is 30.8 Å². The van der Waals surface area contributed by atoms with Gasteiger partial charge in [-0.25, -0.2) is 4.98 Å². The normalized spacial score (nSPS) is 13.4. The molecule has 4 rings (SSSR count). The van der Waals surface area contributed by atoms with Gasteiger partial charge < -0.3 is 10.3 Å². The summed E-state index contributed by atoms with van der Waals surface area (Å²) in [6, 6.07) is 7.25. The summed E-state index contributed by atoms with van der Waals surface area (Å²) in [5, 5.41) is 4.70. The van der Waals surface area contributed by atoms with Gasteiger partial charge in [-0.15, -0.1) is 11.3 Å². The van der Waals surface area contributed by atoms with Gasteiger partial charge in [0.15, 0.2) is 4.77 Å². The predicted molar refractivity (Wildman–Crippen MR) is 118 cm³/mol. The Morgan fingerprint density at radius 3 is 2.97 bits per heavy atom. The Morgan fingerprint density at radius 1 is 1.28 bits per heavy atom. The molecular weight excluding hydrogens is 404 g/mol. The first-order valence-corrected chi connectivity index (χ1v) is 11.3. The van der Waals surface area contributed by atoms with Gasteiger partial charge in [-0.2, -0.15) is 0 Å². The highest BCUT2D eigenvalue weighted by atomic mass is 32.1. The highest BCUT2D eigenvalue weighted by Crippen LogP contribution is 2.27. The number of nitrogens with zero attached hydrogens (tertiary/aromatic N) is 2. The lowest BCUT2D eigenvalue weighted by Gasteiger charge is -2.08. The van der Waals surface area contributed by atoms with Gasteiger partial charge >= 0.3 is 0 Å². The molecule has 0 bridgehead atoms. The van der Waals surface area contributed by atoms with Crippen molar-refractivity contribution in [1.82, 2.24) is 19.9 Å². The lowest BCUT2D eigenvalue weighted by Crippen LogP contribution is -2.29. The number of carbonyl (C=O) groups excluding carboxylic acids is 1. The number of carbonyl (C=O) groups is 1. The van der Waals surface area contributed by atoms with Gasteiger partial charge in [0.05, 0.1) is 21.6 Å². The Kier molecular flexibility index (Phi) is 6.20. The third-order valence-electron chi connectivity index (χ3n) is 5.23. The molecule has 1 amide bonds. The van der Waals surface area contributed by atoms with Gasteiger partial charge in [-0.3, -0.25) is 14.2 Å². The Hall–Kier alpha value is -2.32. The maximum atomic E-state index is 12.6. The van der Waals surface area contributed by atoms with Crippen LogP contribution in [-0.4, -0.2) is 27.0 Å². The number of para-hydroxylation sites is 1. The van der Waals surface area contributed by atoms with Crippen molar-refractivity contribution in [3.05, 3.63) is 55.0 Å². The molecule has 6 nitrogen and oxygen atoms in total. The van der Waals surface area contributed by atoms with E-state index >= 15 is 0 Å². The molecule has 3 aromatic rings. The highest BCUT2D eigenvalue weighted by molar-refractivity contribution is 7.71. The fourth-order valence-corrected chi connectivity index (χ4v) is 5.17. The smallest absolute Gasteiger partial charge is 0.262 e. The van der Waals surface area contributed by atoms with Crippen molar-refractivity contribution in [2.75, 3.05) is 6.54 Å². The topological polar surface area (TPSA) is 79.8 Å². The van der Waals surface area contributed by atoms with E-state index in [1.165, 1.54) is 39.4 Å². The number of nitrogens with one attached hydrogen (secondary N) is 2. The summed E-state index contributed by atoms with van der Waals surface area (Å²) in [4.78, 5) is 34.0. The van der Waals surface area contributed by atoms with Crippen molar-refractivity contribution < 1.29 is 4.79 Å². The molecule has 1 aromatic carbocycles. The summed E-state index contributed by atoms with van der Waals surface area (Å²) in [7, 11) is 0. The first-order chi connectivity index (χ1) is 14.1. The standard InChI is InChI=1S/C21H24N4O2S2/c26-18(22-12-5-10-19-23-16-8-3-4-9-17(16)29-19)11-13-25-20(27)14-6-1-2-7-15(14)24-21(25)28/h1-2,6-7H,3-5,8-13H2,(H,22,26)(H,24,28). The molecule has 29 heavy (non-hydrogen) atoms. The number of aromatic nitrogens is 3. The third kappa shape index (κ3) is 4.64. The molecule has 0 spiro atoms. The largest absolute Gasteiger partial charge is 0.356 e. The van der Waals surface area contributed by atoms with Crippen LogP contribution in [0.3, 0.4) is 0 Å². The SMILES string of the molecule is O=C(CCn1c(=S)[nH]c2ccccc2c1=O)NCCCc1nc2c(s1)CCCC2. The molecule has 0 atom stereocenters.